The number of carbonyl (C=O) groups excluding carboxylic acids is 1. The fourth-order valence-electron chi connectivity index (χ4n) is 2.70. The van der Waals surface area contributed by atoms with Crippen molar-refractivity contribution < 1.29 is 9.53 Å². The van der Waals surface area contributed by atoms with Gasteiger partial charge in [0, 0.05) is 25.7 Å². The first kappa shape index (κ1) is 12.7. The Morgan fingerprint density at radius 2 is 1.88 bits per heavy atom. The van der Waals surface area contributed by atoms with Crippen molar-refractivity contribution in [1.82, 2.24) is 9.80 Å². The van der Waals surface area contributed by atoms with E-state index in [1.807, 2.05) is 25.7 Å². The van der Waals surface area contributed by atoms with Crippen molar-refractivity contribution in [2.45, 2.75) is 51.7 Å². The molecule has 0 spiro atoms. The molecule has 2 aliphatic heterocycles. The molecule has 0 radical (unpaired) electrons. The summed E-state index contributed by atoms with van der Waals surface area (Å²) < 4.78 is 5.45. The van der Waals surface area contributed by atoms with E-state index in [9.17, 15) is 4.79 Å². The van der Waals surface area contributed by atoms with E-state index in [1.165, 1.54) is 19.4 Å². The van der Waals surface area contributed by atoms with Crippen molar-refractivity contribution in [2.75, 3.05) is 26.2 Å². The van der Waals surface area contributed by atoms with Crippen LogP contribution in [-0.4, -0.2) is 53.7 Å². The van der Waals surface area contributed by atoms with Crippen LogP contribution < -0.4 is 0 Å². The lowest BCUT2D eigenvalue weighted by Gasteiger charge is -2.28. The summed E-state index contributed by atoms with van der Waals surface area (Å²) in [5, 5.41) is 0. The van der Waals surface area contributed by atoms with E-state index in [-0.39, 0.29) is 6.09 Å². The van der Waals surface area contributed by atoms with Crippen molar-refractivity contribution in [3.05, 3.63) is 0 Å². The normalized spacial score (nSPS) is 26.5. The van der Waals surface area contributed by atoms with E-state index in [1.54, 1.807) is 0 Å². The van der Waals surface area contributed by atoms with Gasteiger partial charge in [-0.25, -0.2) is 4.79 Å². The maximum absolute atomic E-state index is 12.0. The lowest BCUT2D eigenvalue weighted by molar-refractivity contribution is 0.0239. The van der Waals surface area contributed by atoms with Crippen LogP contribution in [0.15, 0.2) is 0 Å². The summed E-state index contributed by atoms with van der Waals surface area (Å²) in [6.45, 7) is 9.77. The van der Waals surface area contributed by atoms with Gasteiger partial charge >= 0.3 is 6.09 Å². The highest BCUT2D eigenvalue weighted by atomic mass is 16.6. The van der Waals surface area contributed by atoms with Crippen molar-refractivity contribution in [2.24, 2.45) is 0 Å². The Morgan fingerprint density at radius 3 is 2.59 bits per heavy atom. The number of hydrogen-bond donors (Lipinski definition) is 0. The van der Waals surface area contributed by atoms with Gasteiger partial charge in [0.25, 0.3) is 0 Å². The van der Waals surface area contributed by atoms with Gasteiger partial charge in [0.05, 0.1) is 0 Å². The summed E-state index contributed by atoms with van der Waals surface area (Å²) in [4.78, 5) is 16.4. The number of nitrogens with zero attached hydrogens (tertiary/aromatic N) is 2. The highest BCUT2D eigenvalue weighted by Crippen LogP contribution is 2.22. The quantitative estimate of drug-likeness (QED) is 0.650. The Morgan fingerprint density at radius 1 is 1.18 bits per heavy atom. The monoisotopic (exact) mass is 240 g/mol. The maximum atomic E-state index is 12.0. The minimum Gasteiger partial charge on any atom is -0.444 e. The molecule has 0 aromatic carbocycles. The van der Waals surface area contributed by atoms with E-state index >= 15 is 0 Å². The molecule has 2 rings (SSSR count). The predicted octanol–water partition coefficient (Wildman–Crippen LogP) is 2.09. The molecular weight excluding hydrogens is 216 g/mol. The fourth-order valence-corrected chi connectivity index (χ4v) is 2.70. The molecule has 0 aliphatic carbocycles. The number of amides is 1. The van der Waals surface area contributed by atoms with E-state index < -0.39 is 5.60 Å². The topological polar surface area (TPSA) is 32.8 Å². The molecule has 0 N–H and O–H groups in total. The lowest BCUT2D eigenvalue weighted by atomic mass is 10.2. The van der Waals surface area contributed by atoms with Gasteiger partial charge in [-0.15, -0.1) is 0 Å². The summed E-state index contributed by atoms with van der Waals surface area (Å²) in [5.41, 5.74) is -0.390. The Balaban J connectivity index is 1.94. The average molecular weight is 240 g/mol. The van der Waals surface area contributed by atoms with Gasteiger partial charge in [0.15, 0.2) is 0 Å². The van der Waals surface area contributed by atoms with Gasteiger partial charge in [-0.2, -0.15) is 0 Å². The van der Waals surface area contributed by atoms with Crippen LogP contribution in [0.5, 0.6) is 0 Å². The van der Waals surface area contributed by atoms with E-state index in [0.717, 1.165) is 26.1 Å². The average Bonchev–Trinajstić information content (AvgIpc) is 2.53. The molecule has 1 atom stereocenters. The van der Waals surface area contributed by atoms with Crippen molar-refractivity contribution in [1.29, 1.82) is 0 Å². The third-order valence-corrected chi connectivity index (χ3v) is 3.46. The van der Waals surface area contributed by atoms with Crippen LogP contribution in [0.2, 0.25) is 0 Å². The summed E-state index contributed by atoms with van der Waals surface area (Å²) in [7, 11) is 0. The first-order valence-electron chi connectivity index (χ1n) is 6.68. The van der Waals surface area contributed by atoms with Gasteiger partial charge in [-0.1, -0.05) is 0 Å². The molecule has 1 amide bonds. The molecule has 0 saturated carbocycles. The molecule has 1 unspecified atom stereocenters. The molecule has 2 aliphatic rings. The Bertz CT molecular complexity index is 286. The smallest absolute Gasteiger partial charge is 0.410 e. The van der Waals surface area contributed by atoms with Gasteiger partial charge < -0.3 is 9.64 Å². The second-order valence-corrected chi connectivity index (χ2v) is 6.11. The number of rotatable bonds is 0. The third kappa shape index (κ3) is 3.35. The molecule has 98 valence electrons. The maximum Gasteiger partial charge on any atom is 0.410 e. The molecule has 0 aromatic rings. The van der Waals surface area contributed by atoms with Crippen LogP contribution in [-0.2, 0) is 4.74 Å². The highest BCUT2D eigenvalue weighted by Gasteiger charge is 2.32. The van der Waals surface area contributed by atoms with Crippen LogP contribution in [0.1, 0.15) is 40.0 Å². The van der Waals surface area contributed by atoms with E-state index in [0.29, 0.717) is 6.04 Å². The molecule has 0 bridgehead atoms. The number of ether oxygens (including phenoxy) is 1. The highest BCUT2D eigenvalue weighted by molar-refractivity contribution is 5.68. The van der Waals surface area contributed by atoms with E-state index in [2.05, 4.69) is 4.90 Å². The van der Waals surface area contributed by atoms with Gasteiger partial charge in [-0.05, 0) is 46.6 Å². The van der Waals surface area contributed by atoms with Crippen LogP contribution in [0.25, 0.3) is 0 Å². The van der Waals surface area contributed by atoms with E-state index in [4.69, 9.17) is 4.74 Å². The van der Waals surface area contributed by atoms with Crippen molar-refractivity contribution in [3.63, 3.8) is 0 Å². The second-order valence-electron chi connectivity index (χ2n) is 6.11. The summed E-state index contributed by atoms with van der Waals surface area (Å²) >= 11 is 0. The van der Waals surface area contributed by atoms with Crippen LogP contribution >= 0.6 is 0 Å². The molecule has 0 aromatic heterocycles. The summed E-state index contributed by atoms with van der Waals surface area (Å²) in [6.07, 6.45) is 3.41. The molecule has 4 heteroatoms. The van der Waals surface area contributed by atoms with Gasteiger partial charge in [-0.3, -0.25) is 4.90 Å². The summed E-state index contributed by atoms with van der Waals surface area (Å²) in [6, 6.07) is 0.560. The predicted molar refractivity (Wildman–Crippen MR) is 67.0 cm³/mol. The minimum absolute atomic E-state index is 0.147. The Hall–Kier alpha value is -0.770. The zero-order valence-electron chi connectivity index (χ0n) is 11.2. The van der Waals surface area contributed by atoms with Crippen LogP contribution in [0, 0.1) is 0 Å². The number of carbonyl (C=O) groups is 1. The summed E-state index contributed by atoms with van der Waals surface area (Å²) in [5.74, 6) is 0. The molecule has 2 fully saturated rings. The molecule has 4 nitrogen and oxygen atoms in total. The molecule has 2 heterocycles. The minimum atomic E-state index is -0.390. The molecular formula is C13H24N2O2. The standard InChI is InChI=1S/C13H24N2O2/c1-13(2,3)17-12(16)15-9-5-8-14-7-4-6-11(14)10-15/h11H,4-10H2,1-3H3. The zero-order chi connectivity index (χ0) is 12.5. The first-order valence-corrected chi connectivity index (χ1v) is 6.68. The van der Waals surface area contributed by atoms with Crippen molar-refractivity contribution >= 4 is 6.09 Å². The lowest BCUT2D eigenvalue weighted by Crippen LogP contribution is -2.42. The first-order chi connectivity index (χ1) is 7.96. The zero-order valence-corrected chi connectivity index (χ0v) is 11.2. The fraction of sp³-hybridized carbons (Fsp3) is 0.923. The SMILES string of the molecule is CC(C)(C)OC(=O)N1CCCN2CCCC2C1. The molecule has 17 heavy (non-hydrogen) atoms. The third-order valence-electron chi connectivity index (χ3n) is 3.46. The number of fused-ring (bicyclic) bond motifs is 1. The van der Waals surface area contributed by atoms with Crippen molar-refractivity contribution in [3.8, 4) is 0 Å². The van der Waals surface area contributed by atoms with Crippen LogP contribution in [0.4, 0.5) is 4.79 Å². The molecule has 2 saturated heterocycles. The Labute approximate surface area is 104 Å². The largest absolute Gasteiger partial charge is 0.444 e. The van der Waals surface area contributed by atoms with Crippen LogP contribution in [0.3, 0.4) is 0 Å². The number of hydrogen-bond acceptors (Lipinski definition) is 3. The Kier molecular flexibility index (Phi) is 3.61. The van der Waals surface area contributed by atoms with Gasteiger partial charge in [0.2, 0.25) is 0 Å². The second kappa shape index (κ2) is 4.84. The van der Waals surface area contributed by atoms with Gasteiger partial charge in [0.1, 0.15) is 5.60 Å².